The van der Waals surface area contributed by atoms with Crippen LogP contribution in [0.25, 0.3) is 10.9 Å². The molecule has 1 aromatic carbocycles. The lowest BCUT2D eigenvalue weighted by atomic mass is 9.82. The van der Waals surface area contributed by atoms with Crippen molar-refractivity contribution in [2.45, 2.75) is 58.0 Å². The molecule has 0 radical (unpaired) electrons. The summed E-state index contributed by atoms with van der Waals surface area (Å²) in [6.45, 7) is 2.78. The Morgan fingerprint density at radius 1 is 1.19 bits per heavy atom. The zero-order valence-corrected chi connectivity index (χ0v) is 18.2. The molecule has 8 nitrogen and oxygen atoms in total. The van der Waals surface area contributed by atoms with Crippen LogP contribution in [0.1, 0.15) is 56.3 Å². The van der Waals surface area contributed by atoms with E-state index in [-0.39, 0.29) is 17.5 Å². The van der Waals surface area contributed by atoms with Crippen LogP contribution in [-0.4, -0.2) is 57.2 Å². The standard InChI is InChI=1S/C23H28FN3O5/c1-13(2)26-22(31)20(14-6-4-3-5-7-14)27(12-19(28)29)23(32)21(30)17-11-25-18-10-15(24)8-9-16(17)18/h8-11,13-14,20,25H,3-7,12H2,1-2H3,(H,26,31)(H,28,29)/t20-/m1/s1. The van der Waals surface area contributed by atoms with Crippen molar-refractivity contribution in [3.8, 4) is 0 Å². The second-order valence-electron chi connectivity index (χ2n) is 8.55. The zero-order valence-electron chi connectivity index (χ0n) is 18.2. The van der Waals surface area contributed by atoms with Crippen molar-refractivity contribution in [3.63, 3.8) is 0 Å². The van der Waals surface area contributed by atoms with Crippen molar-refractivity contribution in [3.05, 3.63) is 35.8 Å². The highest BCUT2D eigenvalue weighted by molar-refractivity contribution is 6.45. The maximum absolute atomic E-state index is 13.5. The van der Waals surface area contributed by atoms with Crippen LogP contribution in [0.3, 0.4) is 0 Å². The summed E-state index contributed by atoms with van der Waals surface area (Å²) in [4.78, 5) is 54.8. The van der Waals surface area contributed by atoms with E-state index < -0.39 is 42.0 Å². The number of carbonyl (C=O) groups excluding carboxylic acids is 3. The van der Waals surface area contributed by atoms with Gasteiger partial charge < -0.3 is 20.3 Å². The van der Waals surface area contributed by atoms with E-state index in [0.29, 0.717) is 23.7 Å². The second-order valence-corrected chi connectivity index (χ2v) is 8.55. The number of aromatic nitrogens is 1. The molecule has 2 aromatic rings. The molecule has 3 N–H and O–H groups in total. The predicted octanol–water partition coefficient (Wildman–Crippen LogP) is 2.88. The van der Waals surface area contributed by atoms with Crippen LogP contribution in [0.2, 0.25) is 0 Å². The summed E-state index contributed by atoms with van der Waals surface area (Å²) in [7, 11) is 0. The number of halogens is 1. The number of hydrogen-bond donors (Lipinski definition) is 3. The third-order valence-corrected chi connectivity index (χ3v) is 5.78. The van der Waals surface area contributed by atoms with Crippen molar-refractivity contribution in [1.29, 1.82) is 0 Å². The molecule has 0 unspecified atom stereocenters. The normalized spacial score (nSPS) is 15.5. The molecule has 9 heteroatoms. The Bertz CT molecular complexity index is 1030. The molecule has 3 rings (SSSR count). The minimum absolute atomic E-state index is 0.00653. The minimum atomic E-state index is -1.31. The number of amides is 2. The van der Waals surface area contributed by atoms with Crippen LogP contribution < -0.4 is 5.32 Å². The average Bonchev–Trinajstić information content (AvgIpc) is 3.15. The Kier molecular flexibility index (Phi) is 7.27. The number of ketones is 1. The molecule has 0 spiro atoms. The van der Waals surface area contributed by atoms with Gasteiger partial charge in [-0.05, 0) is 50.8 Å². The van der Waals surface area contributed by atoms with Crippen molar-refractivity contribution < 1.29 is 28.7 Å². The molecule has 0 aliphatic heterocycles. The molecular formula is C23H28FN3O5. The Balaban J connectivity index is 1.98. The van der Waals surface area contributed by atoms with Crippen LogP contribution in [0.5, 0.6) is 0 Å². The summed E-state index contributed by atoms with van der Waals surface area (Å²) >= 11 is 0. The van der Waals surface area contributed by atoms with Gasteiger partial charge in [-0.3, -0.25) is 19.2 Å². The van der Waals surface area contributed by atoms with Crippen LogP contribution in [-0.2, 0) is 14.4 Å². The summed E-state index contributed by atoms with van der Waals surface area (Å²) in [5.41, 5.74) is 0.347. The van der Waals surface area contributed by atoms with Gasteiger partial charge in [-0.1, -0.05) is 19.3 Å². The van der Waals surface area contributed by atoms with Crippen LogP contribution >= 0.6 is 0 Å². The molecule has 32 heavy (non-hydrogen) atoms. The molecule has 0 bridgehead atoms. The number of H-pyrrole nitrogens is 1. The first-order valence-corrected chi connectivity index (χ1v) is 10.8. The fourth-order valence-corrected chi connectivity index (χ4v) is 4.40. The predicted molar refractivity (Wildman–Crippen MR) is 116 cm³/mol. The number of carboxylic acid groups (broad SMARTS) is 1. The van der Waals surface area contributed by atoms with E-state index in [2.05, 4.69) is 10.3 Å². The summed E-state index contributed by atoms with van der Waals surface area (Å²) in [5, 5.41) is 12.6. The maximum Gasteiger partial charge on any atom is 0.323 e. The van der Waals surface area contributed by atoms with E-state index in [9.17, 15) is 28.7 Å². The number of Topliss-reactive ketones (excluding diaryl/α,β-unsaturated/α-hetero) is 1. The highest BCUT2D eigenvalue weighted by Crippen LogP contribution is 2.30. The second kappa shape index (κ2) is 9.93. The number of fused-ring (bicyclic) bond motifs is 1. The molecule has 1 atom stereocenters. The number of benzene rings is 1. The first-order chi connectivity index (χ1) is 15.2. The Morgan fingerprint density at radius 3 is 2.50 bits per heavy atom. The number of aliphatic carboxylic acids is 1. The quantitative estimate of drug-likeness (QED) is 0.426. The topological polar surface area (TPSA) is 120 Å². The number of carbonyl (C=O) groups is 4. The molecule has 1 aliphatic carbocycles. The number of carboxylic acids is 1. The number of nitrogens with one attached hydrogen (secondary N) is 2. The van der Waals surface area contributed by atoms with Crippen molar-refractivity contribution in [2.24, 2.45) is 5.92 Å². The number of nitrogens with zero attached hydrogens (tertiary/aromatic N) is 1. The van der Waals surface area contributed by atoms with Gasteiger partial charge in [0.1, 0.15) is 18.4 Å². The SMILES string of the molecule is CC(C)NC(=O)[C@@H](C1CCCCC1)N(CC(=O)O)C(=O)C(=O)c1c[nH]c2cc(F)ccc12. The Labute approximate surface area is 185 Å². The third-order valence-electron chi connectivity index (χ3n) is 5.78. The number of aromatic amines is 1. The Hall–Kier alpha value is -3.23. The van der Waals surface area contributed by atoms with Gasteiger partial charge in [0, 0.05) is 23.1 Å². The lowest BCUT2D eigenvalue weighted by Gasteiger charge is -2.37. The summed E-state index contributed by atoms with van der Waals surface area (Å²) in [6, 6.07) is 2.48. The van der Waals surface area contributed by atoms with Crippen LogP contribution in [0.4, 0.5) is 4.39 Å². The van der Waals surface area contributed by atoms with Gasteiger partial charge in [-0.15, -0.1) is 0 Å². The summed E-state index contributed by atoms with van der Waals surface area (Å²) < 4.78 is 13.5. The molecule has 1 fully saturated rings. The van der Waals surface area contributed by atoms with Gasteiger partial charge in [0.2, 0.25) is 5.91 Å². The fourth-order valence-electron chi connectivity index (χ4n) is 4.40. The van der Waals surface area contributed by atoms with E-state index in [1.165, 1.54) is 24.4 Å². The minimum Gasteiger partial charge on any atom is -0.480 e. The smallest absolute Gasteiger partial charge is 0.323 e. The molecule has 1 aromatic heterocycles. The molecule has 2 amide bonds. The van der Waals surface area contributed by atoms with E-state index in [0.717, 1.165) is 24.2 Å². The first kappa shape index (κ1) is 23.4. The van der Waals surface area contributed by atoms with Crippen molar-refractivity contribution in [1.82, 2.24) is 15.2 Å². The highest BCUT2D eigenvalue weighted by atomic mass is 19.1. The first-order valence-electron chi connectivity index (χ1n) is 10.8. The van der Waals surface area contributed by atoms with Gasteiger partial charge in [0.05, 0.1) is 5.56 Å². The highest BCUT2D eigenvalue weighted by Gasteiger charge is 2.40. The van der Waals surface area contributed by atoms with Gasteiger partial charge in [-0.2, -0.15) is 0 Å². The van der Waals surface area contributed by atoms with Gasteiger partial charge in [0.25, 0.3) is 11.7 Å². The van der Waals surface area contributed by atoms with Crippen molar-refractivity contribution >= 4 is 34.5 Å². The molecule has 1 saturated carbocycles. The summed E-state index contributed by atoms with van der Waals surface area (Å²) in [6.07, 6.45) is 5.38. The maximum atomic E-state index is 13.5. The lowest BCUT2D eigenvalue weighted by Crippen LogP contribution is -2.57. The Morgan fingerprint density at radius 2 is 1.88 bits per heavy atom. The average molecular weight is 445 g/mol. The zero-order chi connectivity index (χ0) is 23.4. The van der Waals surface area contributed by atoms with Gasteiger partial charge >= 0.3 is 5.97 Å². The monoisotopic (exact) mass is 445 g/mol. The van der Waals surface area contributed by atoms with E-state index in [4.69, 9.17) is 0 Å². The number of rotatable bonds is 8. The van der Waals surface area contributed by atoms with E-state index >= 15 is 0 Å². The molecular weight excluding hydrogens is 417 g/mol. The third kappa shape index (κ3) is 5.15. The number of hydrogen-bond acceptors (Lipinski definition) is 4. The molecule has 1 heterocycles. The van der Waals surface area contributed by atoms with Gasteiger partial charge in [0.15, 0.2) is 0 Å². The largest absolute Gasteiger partial charge is 0.480 e. The van der Waals surface area contributed by atoms with Crippen LogP contribution in [0.15, 0.2) is 24.4 Å². The van der Waals surface area contributed by atoms with E-state index in [1.807, 2.05) is 0 Å². The molecule has 0 saturated heterocycles. The lowest BCUT2D eigenvalue weighted by molar-refractivity contribution is -0.148. The molecule has 1 aliphatic rings. The van der Waals surface area contributed by atoms with Gasteiger partial charge in [-0.25, -0.2) is 4.39 Å². The fraction of sp³-hybridized carbons (Fsp3) is 0.478. The van der Waals surface area contributed by atoms with Crippen molar-refractivity contribution in [2.75, 3.05) is 6.54 Å². The van der Waals surface area contributed by atoms with E-state index in [1.54, 1.807) is 13.8 Å². The molecule has 172 valence electrons. The summed E-state index contributed by atoms with van der Waals surface area (Å²) in [5.74, 6) is -4.52. The van der Waals surface area contributed by atoms with Crippen LogP contribution in [0, 0.1) is 11.7 Å².